The average molecular weight is 403 g/mol. The maximum absolute atomic E-state index is 12.1. The van der Waals surface area contributed by atoms with Crippen LogP contribution in [0.4, 0.5) is 11.4 Å². The molecule has 0 aliphatic rings. The number of carbonyl (C=O) groups excluding carboxylic acids is 1. The van der Waals surface area contributed by atoms with Crippen molar-refractivity contribution in [3.05, 3.63) is 72.3 Å². The highest BCUT2D eigenvalue weighted by Crippen LogP contribution is 2.18. The molecule has 30 heavy (non-hydrogen) atoms. The SMILES string of the molecule is CCCN(CCC)c1ccc(/C=N/NC(=O)CNc2ccc3ccccc3c2)cc1. The summed E-state index contributed by atoms with van der Waals surface area (Å²) in [4.78, 5) is 14.5. The molecule has 3 aromatic rings. The van der Waals surface area contributed by atoms with Gasteiger partial charge >= 0.3 is 0 Å². The Morgan fingerprint density at radius 3 is 2.33 bits per heavy atom. The van der Waals surface area contributed by atoms with Crippen LogP contribution in [0.25, 0.3) is 10.8 Å². The number of hydrogen-bond acceptors (Lipinski definition) is 4. The number of carbonyl (C=O) groups is 1. The van der Waals surface area contributed by atoms with E-state index in [0.29, 0.717) is 0 Å². The van der Waals surface area contributed by atoms with Gasteiger partial charge in [-0.1, -0.05) is 56.3 Å². The number of anilines is 2. The minimum Gasteiger partial charge on any atom is -0.376 e. The third kappa shape index (κ3) is 6.08. The summed E-state index contributed by atoms with van der Waals surface area (Å²) in [5.41, 5.74) is 5.66. The fourth-order valence-corrected chi connectivity index (χ4v) is 3.38. The molecule has 0 bridgehead atoms. The minimum absolute atomic E-state index is 0.164. The molecule has 5 heteroatoms. The summed E-state index contributed by atoms with van der Waals surface area (Å²) in [7, 11) is 0. The van der Waals surface area contributed by atoms with Crippen molar-refractivity contribution < 1.29 is 4.79 Å². The Morgan fingerprint density at radius 2 is 1.63 bits per heavy atom. The molecule has 0 spiro atoms. The molecule has 0 saturated carbocycles. The summed E-state index contributed by atoms with van der Waals surface area (Å²) < 4.78 is 0. The van der Waals surface area contributed by atoms with Crippen LogP contribution in [0.2, 0.25) is 0 Å². The quantitative estimate of drug-likeness (QED) is 0.369. The molecular formula is C25H30N4O. The van der Waals surface area contributed by atoms with E-state index in [1.54, 1.807) is 6.21 Å². The third-order valence-corrected chi connectivity index (χ3v) is 4.85. The highest BCUT2D eigenvalue weighted by molar-refractivity contribution is 5.87. The smallest absolute Gasteiger partial charge is 0.259 e. The van der Waals surface area contributed by atoms with E-state index < -0.39 is 0 Å². The van der Waals surface area contributed by atoms with E-state index in [0.717, 1.165) is 42.6 Å². The first-order valence-corrected chi connectivity index (χ1v) is 10.6. The van der Waals surface area contributed by atoms with E-state index in [9.17, 15) is 4.79 Å². The average Bonchev–Trinajstić information content (AvgIpc) is 2.78. The Hall–Kier alpha value is -3.34. The second kappa shape index (κ2) is 11.0. The van der Waals surface area contributed by atoms with Gasteiger partial charge in [0.05, 0.1) is 12.8 Å². The van der Waals surface area contributed by atoms with Gasteiger partial charge in [-0.05, 0) is 53.4 Å². The number of fused-ring (bicyclic) bond motifs is 1. The van der Waals surface area contributed by atoms with Crippen molar-refractivity contribution in [2.75, 3.05) is 29.9 Å². The van der Waals surface area contributed by atoms with Crippen LogP contribution in [0.5, 0.6) is 0 Å². The summed E-state index contributed by atoms with van der Waals surface area (Å²) >= 11 is 0. The number of hydrazone groups is 1. The monoisotopic (exact) mass is 402 g/mol. The molecular weight excluding hydrogens is 372 g/mol. The first-order valence-electron chi connectivity index (χ1n) is 10.6. The minimum atomic E-state index is -0.187. The van der Waals surface area contributed by atoms with E-state index in [1.165, 1.54) is 11.1 Å². The summed E-state index contributed by atoms with van der Waals surface area (Å²) in [5.74, 6) is -0.187. The third-order valence-electron chi connectivity index (χ3n) is 4.85. The van der Waals surface area contributed by atoms with Crippen LogP contribution >= 0.6 is 0 Å². The molecule has 156 valence electrons. The predicted molar refractivity (Wildman–Crippen MR) is 127 cm³/mol. The number of amides is 1. The van der Waals surface area contributed by atoms with Crippen LogP contribution in [0.1, 0.15) is 32.3 Å². The molecule has 0 aliphatic carbocycles. The number of hydrogen-bond donors (Lipinski definition) is 2. The Labute approximate surface area is 178 Å². The van der Waals surface area contributed by atoms with Crippen LogP contribution < -0.4 is 15.6 Å². The molecule has 2 N–H and O–H groups in total. The zero-order chi connectivity index (χ0) is 21.2. The van der Waals surface area contributed by atoms with Gasteiger partial charge in [0.2, 0.25) is 0 Å². The second-order valence-electron chi connectivity index (χ2n) is 7.29. The molecule has 5 nitrogen and oxygen atoms in total. The standard InChI is InChI=1S/C25H30N4O/c1-3-15-29(16-4-2)24-13-9-20(10-14-24)18-27-28-25(30)19-26-23-12-11-21-7-5-6-8-22(21)17-23/h5-14,17-18,26H,3-4,15-16,19H2,1-2H3,(H,28,30)/b27-18+. The number of nitrogens with one attached hydrogen (secondary N) is 2. The molecule has 0 unspecified atom stereocenters. The highest BCUT2D eigenvalue weighted by Gasteiger charge is 2.04. The van der Waals surface area contributed by atoms with Gasteiger partial charge in [-0.25, -0.2) is 5.43 Å². The maximum atomic E-state index is 12.1. The molecule has 3 aromatic carbocycles. The van der Waals surface area contributed by atoms with Gasteiger partial charge in [0.15, 0.2) is 0 Å². The molecule has 0 fully saturated rings. The normalized spacial score (nSPS) is 11.0. The van der Waals surface area contributed by atoms with Gasteiger partial charge in [0.25, 0.3) is 5.91 Å². The van der Waals surface area contributed by atoms with Crippen molar-refractivity contribution >= 4 is 34.3 Å². The number of benzene rings is 3. The molecule has 0 saturated heterocycles. The predicted octanol–water partition coefficient (Wildman–Crippen LogP) is 5.03. The summed E-state index contributed by atoms with van der Waals surface area (Å²) in [5, 5.41) is 9.53. The van der Waals surface area contributed by atoms with Gasteiger partial charge in [-0.15, -0.1) is 0 Å². The fourth-order valence-electron chi connectivity index (χ4n) is 3.38. The summed E-state index contributed by atoms with van der Waals surface area (Å²) in [6.45, 7) is 6.67. The molecule has 3 rings (SSSR count). The maximum Gasteiger partial charge on any atom is 0.259 e. The lowest BCUT2D eigenvalue weighted by molar-refractivity contribution is -0.119. The zero-order valence-corrected chi connectivity index (χ0v) is 17.8. The van der Waals surface area contributed by atoms with Crippen molar-refractivity contribution in [2.45, 2.75) is 26.7 Å². The van der Waals surface area contributed by atoms with Gasteiger partial charge < -0.3 is 10.2 Å². The van der Waals surface area contributed by atoms with Crippen molar-refractivity contribution in [3.8, 4) is 0 Å². The van der Waals surface area contributed by atoms with Crippen molar-refractivity contribution in [3.63, 3.8) is 0 Å². The van der Waals surface area contributed by atoms with E-state index >= 15 is 0 Å². The lowest BCUT2D eigenvalue weighted by atomic mass is 10.1. The van der Waals surface area contributed by atoms with Crippen LogP contribution in [0.3, 0.4) is 0 Å². The van der Waals surface area contributed by atoms with Crippen molar-refractivity contribution in [1.82, 2.24) is 5.43 Å². The molecule has 0 radical (unpaired) electrons. The largest absolute Gasteiger partial charge is 0.376 e. The highest BCUT2D eigenvalue weighted by atomic mass is 16.2. The topological polar surface area (TPSA) is 56.7 Å². The van der Waals surface area contributed by atoms with E-state index in [-0.39, 0.29) is 12.5 Å². The lowest BCUT2D eigenvalue weighted by Crippen LogP contribution is -2.26. The molecule has 0 aromatic heterocycles. The Balaban J connectivity index is 1.48. The van der Waals surface area contributed by atoms with E-state index in [2.05, 4.69) is 58.9 Å². The first-order chi connectivity index (χ1) is 14.7. The number of nitrogens with zero attached hydrogens (tertiary/aromatic N) is 2. The zero-order valence-electron chi connectivity index (χ0n) is 17.8. The van der Waals surface area contributed by atoms with Crippen molar-refractivity contribution in [2.24, 2.45) is 5.10 Å². The van der Waals surface area contributed by atoms with Gasteiger partial charge in [-0.3, -0.25) is 4.79 Å². The summed E-state index contributed by atoms with van der Waals surface area (Å²) in [6.07, 6.45) is 3.92. The Bertz CT molecular complexity index is 976. The lowest BCUT2D eigenvalue weighted by Gasteiger charge is -2.23. The first kappa shape index (κ1) is 21.4. The van der Waals surface area contributed by atoms with Gasteiger partial charge in [-0.2, -0.15) is 5.10 Å². The van der Waals surface area contributed by atoms with Crippen LogP contribution in [-0.2, 0) is 4.79 Å². The Morgan fingerprint density at radius 1 is 0.933 bits per heavy atom. The second-order valence-corrected chi connectivity index (χ2v) is 7.29. The van der Waals surface area contributed by atoms with Gasteiger partial charge in [0, 0.05) is 24.5 Å². The van der Waals surface area contributed by atoms with E-state index in [4.69, 9.17) is 0 Å². The Kier molecular flexibility index (Phi) is 7.84. The fraction of sp³-hybridized carbons (Fsp3) is 0.280. The molecule has 1 amide bonds. The van der Waals surface area contributed by atoms with Crippen LogP contribution in [0.15, 0.2) is 71.8 Å². The number of rotatable bonds is 10. The van der Waals surface area contributed by atoms with Crippen LogP contribution in [-0.4, -0.2) is 31.8 Å². The van der Waals surface area contributed by atoms with E-state index in [1.807, 2.05) is 42.5 Å². The summed E-state index contributed by atoms with van der Waals surface area (Å²) in [6, 6.07) is 22.5. The molecule has 0 aliphatic heterocycles. The van der Waals surface area contributed by atoms with Crippen molar-refractivity contribution in [1.29, 1.82) is 0 Å². The molecule has 0 heterocycles. The van der Waals surface area contributed by atoms with Crippen LogP contribution in [0, 0.1) is 0 Å². The van der Waals surface area contributed by atoms with Gasteiger partial charge in [0.1, 0.15) is 0 Å². The molecule has 0 atom stereocenters.